The highest BCUT2D eigenvalue weighted by atomic mass is 16.5. The van der Waals surface area contributed by atoms with E-state index in [9.17, 15) is 4.79 Å². The standard InChI is InChI=1S/C19H22N2O2/c1-21(2)17-8-5-7-16(11-17)19(22)20-12-14-10-15-6-3-4-9-18(15)23-13-14/h3-9,11,14H,10,12-13H2,1-2H3,(H,20,22). The van der Waals surface area contributed by atoms with Gasteiger partial charge in [0.25, 0.3) is 5.91 Å². The average molecular weight is 310 g/mol. The zero-order valence-electron chi connectivity index (χ0n) is 13.6. The summed E-state index contributed by atoms with van der Waals surface area (Å²) in [4.78, 5) is 14.3. The molecule has 0 aliphatic carbocycles. The fourth-order valence-corrected chi connectivity index (χ4v) is 2.79. The first-order chi connectivity index (χ1) is 11.1. The van der Waals surface area contributed by atoms with Crippen molar-refractivity contribution in [1.82, 2.24) is 5.32 Å². The molecular weight excluding hydrogens is 288 g/mol. The minimum absolute atomic E-state index is 0.0347. The molecule has 0 saturated carbocycles. The van der Waals surface area contributed by atoms with Crippen molar-refractivity contribution in [3.05, 3.63) is 59.7 Å². The van der Waals surface area contributed by atoms with Crippen molar-refractivity contribution in [3.8, 4) is 5.75 Å². The minimum atomic E-state index is -0.0347. The molecule has 23 heavy (non-hydrogen) atoms. The van der Waals surface area contributed by atoms with Gasteiger partial charge in [-0.05, 0) is 36.2 Å². The van der Waals surface area contributed by atoms with E-state index in [1.807, 2.05) is 61.5 Å². The van der Waals surface area contributed by atoms with Gasteiger partial charge in [-0.15, -0.1) is 0 Å². The fraction of sp³-hybridized carbons (Fsp3) is 0.316. The van der Waals surface area contributed by atoms with Crippen LogP contribution >= 0.6 is 0 Å². The largest absolute Gasteiger partial charge is 0.493 e. The van der Waals surface area contributed by atoms with Crippen LogP contribution in [0.3, 0.4) is 0 Å². The van der Waals surface area contributed by atoms with Crippen molar-refractivity contribution in [2.24, 2.45) is 5.92 Å². The smallest absolute Gasteiger partial charge is 0.251 e. The zero-order valence-corrected chi connectivity index (χ0v) is 13.6. The van der Waals surface area contributed by atoms with Crippen molar-refractivity contribution >= 4 is 11.6 Å². The van der Waals surface area contributed by atoms with Gasteiger partial charge in [-0.2, -0.15) is 0 Å². The number of rotatable bonds is 4. The third kappa shape index (κ3) is 3.65. The maximum Gasteiger partial charge on any atom is 0.251 e. The summed E-state index contributed by atoms with van der Waals surface area (Å²) in [6, 6.07) is 15.7. The average Bonchev–Trinajstić information content (AvgIpc) is 2.59. The lowest BCUT2D eigenvalue weighted by atomic mass is 9.96. The zero-order chi connectivity index (χ0) is 16.2. The van der Waals surface area contributed by atoms with Crippen LogP contribution in [0.2, 0.25) is 0 Å². The van der Waals surface area contributed by atoms with Crippen molar-refractivity contribution in [1.29, 1.82) is 0 Å². The Labute approximate surface area is 137 Å². The van der Waals surface area contributed by atoms with E-state index in [4.69, 9.17) is 4.74 Å². The van der Waals surface area contributed by atoms with Gasteiger partial charge in [0.2, 0.25) is 0 Å². The number of fused-ring (bicyclic) bond motifs is 1. The number of amides is 1. The number of para-hydroxylation sites is 1. The number of nitrogens with one attached hydrogen (secondary N) is 1. The lowest BCUT2D eigenvalue weighted by molar-refractivity contribution is 0.0939. The molecule has 2 aromatic carbocycles. The van der Waals surface area contributed by atoms with E-state index in [1.54, 1.807) is 0 Å². The minimum Gasteiger partial charge on any atom is -0.493 e. The number of benzene rings is 2. The second-order valence-electron chi connectivity index (χ2n) is 6.14. The first-order valence-corrected chi connectivity index (χ1v) is 7.90. The summed E-state index contributed by atoms with van der Waals surface area (Å²) in [5, 5.41) is 3.03. The molecule has 0 spiro atoms. The third-order valence-electron chi connectivity index (χ3n) is 4.13. The van der Waals surface area contributed by atoms with Crippen molar-refractivity contribution < 1.29 is 9.53 Å². The highest BCUT2D eigenvalue weighted by molar-refractivity contribution is 5.95. The van der Waals surface area contributed by atoms with Crippen LogP contribution in [0.5, 0.6) is 5.75 Å². The molecule has 4 nitrogen and oxygen atoms in total. The van der Waals surface area contributed by atoms with Crippen LogP contribution in [0, 0.1) is 5.92 Å². The van der Waals surface area contributed by atoms with Crippen LogP contribution < -0.4 is 15.0 Å². The number of anilines is 1. The second-order valence-corrected chi connectivity index (χ2v) is 6.14. The van der Waals surface area contributed by atoms with Gasteiger partial charge < -0.3 is 15.0 Å². The quantitative estimate of drug-likeness (QED) is 0.944. The van der Waals surface area contributed by atoms with E-state index < -0.39 is 0 Å². The van der Waals surface area contributed by atoms with Crippen LogP contribution in [0.4, 0.5) is 5.69 Å². The summed E-state index contributed by atoms with van der Waals surface area (Å²) in [5.74, 6) is 1.24. The van der Waals surface area contributed by atoms with Gasteiger partial charge in [0, 0.05) is 37.8 Å². The lowest BCUT2D eigenvalue weighted by Crippen LogP contribution is -2.34. The third-order valence-corrected chi connectivity index (χ3v) is 4.13. The highest BCUT2D eigenvalue weighted by Gasteiger charge is 2.20. The van der Waals surface area contributed by atoms with Gasteiger partial charge in [-0.1, -0.05) is 24.3 Å². The molecule has 0 saturated heterocycles. The Bertz CT molecular complexity index is 697. The molecule has 1 N–H and O–H groups in total. The normalized spacial score (nSPS) is 16.2. The molecule has 1 heterocycles. The molecule has 0 aromatic heterocycles. The number of hydrogen-bond acceptors (Lipinski definition) is 3. The molecule has 1 amide bonds. The van der Waals surface area contributed by atoms with Crippen LogP contribution in [-0.4, -0.2) is 33.2 Å². The summed E-state index contributed by atoms with van der Waals surface area (Å²) in [6.07, 6.45) is 0.939. The summed E-state index contributed by atoms with van der Waals surface area (Å²) < 4.78 is 5.77. The van der Waals surface area contributed by atoms with E-state index in [0.717, 1.165) is 17.9 Å². The molecule has 0 bridgehead atoms. The molecule has 1 aliphatic heterocycles. The predicted octanol–water partition coefficient (Wildman–Crippen LogP) is 2.73. The number of carbonyl (C=O) groups excluding carboxylic acids is 1. The van der Waals surface area contributed by atoms with Gasteiger partial charge in [-0.3, -0.25) is 4.79 Å². The Balaban J connectivity index is 1.59. The summed E-state index contributed by atoms with van der Waals surface area (Å²) in [5.41, 5.74) is 2.92. The monoisotopic (exact) mass is 310 g/mol. The molecule has 2 aromatic rings. The van der Waals surface area contributed by atoms with Crippen molar-refractivity contribution in [3.63, 3.8) is 0 Å². The van der Waals surface area contributed by atoms with Crippen LogP contribution in [-0.2, 0) is 6.42 Å². The van der Waals surface area contributed by atoms with Crippen LogP contribution in [0.15, 0.2) is 48.5 Å². The van der Waals surface area contributed by atoms with Gasteiger partial charge in [-0.25, -0.2) is 0 Å². The van der Waals surface area contributed by atoms with Gasteiger partial charge in [0.1, 0.15) is 5.75 Å². The summed E-state index contributed by atoms with van der Waals surface area (Å²) in [7, 11) is 3.93. The molecule has 0 fully saturated rings. The molecule has 120 valence electrons. The molecule has 1 unspecified atom stereocenters. The summed E-state index contributed by atoms with van der Waals surface area (Å²) >= 11 is 0. The summed E-state index contributed by atoms with van der Waals surface area (Å²) in [6.45, 7) is 1.27. The topological polar surface area (TPSA) is 41.6 Å². The van der Waals surface area contributed by atoms with Crippen molar-refractivity contribution in [2.45, 2.75) is 6.42 Å². The maximum atomic E-state index is 12.3. The van der Waals surface area contributed by atoms with Crippen molar-refractivity contribution in [2.75, 3.05) is 32.1 Å². The Morgan fingerprint density at radius 1 is 1.22 bits per heavy atom. The first kappa shape index (κ1) is 15.4. The van der Waals surface area contributed by atoms with E-state index in [1.165, 1.54) is 5.56 Å². The molecule has 1 atom stereocenters. The molecule has 1 aliphatic rings. The first-order valence-electron chi connectivity index (χ1n) is 7.90. The van der Waals surface area contributed by atoms with Crippen LogP contribution in [0.25, 0.3) is 0 Å². The number of hydrogen-bond donors (Lipinski definition) is 1. The second kappa shape index (κ2) is 6.73. The number of ether oxygens (including phenoxy) is 1. The lowest BCUT2D eigenvalue weighted by Gasteiger charge is -2.25. The number of nitrogens with zero attached hydrogens (tertiary/aromatic N) is 1. The van der Waals surface area contributed by atoms with Gasteiger partial charge >= 0.3 is 0 Å². The van der Waals surface area contributed by atoms with Crippen LogP contribution in [0.1, 0.15) is 15.9 Å². The van der Waals surface area contributed by atoms with Gasteiger partial charge in [0.05, 0.1) is 6.61 Å². The Morgan fingerprint density at radius 3 is 2.87 bits per heavy atom. The molecule has 0 radical (unpaired) electrons. The SMILES string of the molecule is CN(C)c1cccc(C(=O)NCC2COc3ccccc3C2)c1. The van der Waals surface area contributed by atoms with Gasteiger partial charge in [0.15, 0.2) is 0 Å². The molecule has 4 heteroatoms. The number of carbonyl (C=O) groups is 1. The maximum absolute atomic E-state index is 12.3. The predicted molar refractivity (Wildman–Crippen MR) is 92.2 cm³/mol. The van der Waals surface area contributed by atoms with E-state index in [0.29, 0.717) is 24.6 Å². The Hall–Kier alpha value is -2.49. The van der Waals surface area contributed by atoms with E-state index in [2.05, 4.69) is 11.4 Å². The van der Waals surface area contributed by atoms with E-state index in [-0.39, 0.29) is 5.91 Å². The fourth-order valence-electron chi connectivity index (χ4n) is 2.79. The Morgan fingerprint density at radius 2 is 2.04 bits per heavy atom. The molecule has 3 rings (SSSR count). The Kier molecular flexibility index (Phi) is 4.51. The highest BCUT2D eigenvalue weighted by Crippen LogP contribution is 2.26. The van der Waals surface area contributed by atoms with E-state index >= 15 is 0 Å². The molecular formula is C19H22N2O2.